The number of carbonyl (C=O) groups is 1. The van der Waals surface area contributed by atoms with Crippen molar-refractivity contribution in [3.63, 3.8) is 0 Å². The van der Waals surface area contributed by atoms with Crippen LogP contribution in [0.3, 0.4) is 0 Å². The molecule has 1 saturated carbocycles. The molecular formula is C29H39N5O5S2. The third-order valence-corrected chi connectivity index (χ3v) is 11.1. The number of nitrogens with zero attached hydrogens (tertiary/aromatic N) is 4. The Morgan fingerprint density at radius 1 is 1.12 bits per heavy atom. The molecule has 1 aromatic carbocycles. The number of aliphatic hydroxyl groups excluding tert-OH is 1. The number of rotatable bonds is 11. The first-order chi connectivity index (χ1) is 19.8. The average Bonchev–Trinajstić information content (AvgIpc) is 3.64. The molecule has 0 radical (unpaired) electrons. The number of likely N-dealkylation sites (tertiary alicyclic amines) is 1. The summed E-state index contributed by atoms with van der Waals surface area (Å²) in [6.07, 6.45) is 7.62. The number of ether oxygens (including phenoxy) is 1. The molecule has 1 amide bonds. The molecule has 5 rings (SSSR count). The number of benzene rings is 1. The standard InChI is InChI=1S/C29H39N5O5S2/c1-33-16-6-5-9-26(33)34(17-18-35)41(37,38)22-12-10-21(11-13-22)23(19-20-7-3-4-8-20)27(36)32-29-30-24-14-15-25(39-2)31-28(24)40-29/h10-15,20,23,26,35H,3-9,16-19H2,1-2H3,(H,30,32,36). The number of hydrogen-bond donors (Lipinski definition) is 2. The Bertz CT molecular complexity index is 1440. The van der Waals surface area contributed by atoms with Gasteiger partial charge in [-0.1, -0.05) is 49.2 Å². The number of pyridine rings is 1. The number of amides is 1. The van der Waals surface area contributed by atoms with Crippen molar-refractivity contribution in [2.75, 3.05) is 39.2 Å². The van der Waals surface area contributed by atoms with E-state index in [1.807, 2.05) is 18.0 Å². The molecule has 0 spiro atoms. The lowest BCUT2D eigenvalue weighted by Gasteiger charge is -2.39. The molecule has 2 aliphatic rings. The molecule has 2 N–H and O–H groups in total. The quantitative estimate of drug-likeness (QED) is 0.331. The summed E-state index contributed by atoms with van der Waals surface area (Å²) >= 11 is 1.29. The van der Waals surface area contributed by atoms with Crippen molar-refractivity contribution in [3.05, 3.63) is 42.0 Å². The van der Waals surface area contributed by atoms with Crippen LogP contribution in [0.2, 0.25) is 0 Å². The molecule has 41 heavy (non-hydrogen) atoms. The van der Waals surface area contributed by atoms with Gasteiger partial charge in [0.25, 0.3) is 0 Å². The van der Waals surface area contributed by atoms with Crippen LogP contribution in [0, 0.1) is 5.92 Å². The van der Waals surface area contributed by atoms with Crippen molar-refractivity contribution in [1.29, 1.82) is 0 Å². The molecule has 1 aliphatic carbocycles. The number of carbonyl (C=O) groups excluding carboxylic acids is 1. The topological polar surface area (TPSA) is 125 Å². The van der Waals surface area contributed by atoms with E-state index in [4.69, 9.17) is 4.74 Å². The molecule has 2 unspecified atom stereocenters. The molecule has 2 atom stereocenters. The first-order valence-corrected chi connectivity index (χ1v) is 16.6. The van der Waals surface area contributed by atoms with Gasteiger partial charge in [0.2, 0.25) is 21.8 Å². The van der Waals surface area contributed by atoms with Gasteiger partial charge in [0.05, 0.1) is 30.7 Å². The molecule has 10 nitrogen and oxygen atoms in total. The van der Waals surface area contributed by atoms with Gasteiger partial charge in [-0.15, -0.1) is 0 Å². The minimum atomic E-state index is -3.84. The first-order valence-electron chi connectivity index (χ1n) is 14.4. The summed E-state index contributed by atoms with van der Waals surface area (Å²) in [5.41, 5.74) is 1.46. The van der Waals surface area contributed by atoms with E-state index in [2.05, 4.69) is 15.3 Å². The second-order valence-electron chi connectivity index (χ2n) is 11.0. The zero-order chi connectivity index (χ0) is 29.0. The van der Waals surface area contributed by atoms with Gasteiger partial charge < -0.3 is 15.2 Å². The van der Waals surface area contributed by atoms with E-state index in [1.54, 1.807) is 37.4 Å². The van der Waals surface area contributed by atoms with E-state index in [1.165, 1.54) is 15.6 Å². The van der Waals surface area contributed by atoms with Gasteiger partial charge in [-0.05, 0) is 69.0 Å². The van der Waals surface area contributed by atoms with Gasteiger partial charge in [0.1, 0.15) is 10.3 Å². The Morgan fingerprint density at radius 3 is 2.54 bits per heavy atom. The Morgan fingerprint density at radius 2 is 1.85 bits per heavy atom. The van der Waals surface area contributed by atoms with E-state index >= 15 is 0 Å². The molecule has 3 aromatic rings. The smallest absolute Gasteiger partial charge is 0.244 e. The lowest BCUT2D eigenvalue weighted by Crippen LogP contribution is -2.52. The zero-order valence-electron chi connectivity index (χ0n) is 23.7. The molecule has 12 heteroatoms. The lowest BCUT2D eigenvalue weighted by molar-refractivity contribution is -0.118. The molecule has 2 aromatic heterocycles. The zero-order valence-corrected chi connectivity index (χ0v) is 25.3. The predicted molar refractivity (Wildman–Crippen MR) is 160 cm³/mol. The van der Waals surface area contributed by atoms with Crippen molar-refractivity contribution in [3.8, 4) is 5.88 Å². The fourth-order valence-corrected chi connectivity index (χ4v) is 8.58. The summed E-state index contributed by atoms with van der Waals surface area (Å²) in [5, 5.41) is 13.2. The van der Waals surface area contributed by atoms with Crippen LogP contribution < -0.4 is 10.1 Å². The number of nitrogens with one attached hydrogen (secondary N) is 1. The number of thiazole rings is 1. The van der Waals surface area contributed by atoms with Crippen molar-refractivity contribution in [2.24, 2.45) is 5.92 Å². The summed E-state index contributed by atoms with van der Waals surface area (Å²) < 4.78 is 34.1. The van der Waals surface area contributed by atoms with Crippen LogP contribution in [-0.2, 0) is 14.8 Å². The minimum absolute atomic E-state index is 0.0364. The van der Waals surface area contributed by atoms with E-state index in [0.717, 1.165) is 57.1 Å². The maximum Gasteiger partial charge on any atom is 0.244 e. The van der Waals surface area contributed by atoms with Gasteiger partial charge >= 0.3 is 0 Å². The number of sulfonamides is 1. The van der Waals surface area contributed by atoms with Gasteiger partial charge in [0.15, 0.2) is 5.13 Å². The van der Waals surface area contributed by atoms with Crippen LogP contribution in [0.4, 0.5) is 5.13 Å². The number of aliphatic hydroxyl groups is 1. The number of fused-ring (bicyclic) bond motifs is 1. The second-order valence-corrected chi connectivity index (χ2v) is 13.9. The lowest BCUT2D eigenvalue weighted by atomic mass is 9.87. The van der Waals surface area contributed by atoms with E-state index in [-0.39, 0.29) is 30.1 Å². The summed E-state index contributed by atoms with van der Waals surface area (Å²) in [7, 11) is -0.361. The molecule has 0 bridgehead atoms. The normalized spacial score (nSPS) is 19.6. The molecule has 2 fully saturated rings. The van der Waals surface area contributed by atoms with Gasteiger partial charge in [0, 0.05) is 12.6 Å². The SMILES string of the molecule is COc1ccc2nc(NC(=O)C(CC3CCCC3)c3ccc(S(=O)(=O)N(CCO)C4CCCCN4C)cc3)sc2n1. The molecule has 3 heterocycles. The number of aromatic nitrogens is 2. The average molecular weight is 602 g/mol. The summed E-state index contributed by atoms with van der Waals surface area (Å²) in [4.78, 5) is 25.5. The van der Waals surface area contributed by atoms with Crippen molar-refractivity contribution < 1.29 is 23.1 Å². The van der Waals surface area contributed by atoms with Crippen LogP contribution in [0.5, 0.6) is 5.88 Å². The van der Waals surface area contributed by atoms with E-state index in [0.29, 0.717) is 33.7 Å². The summed E-state index contributed by atoms with van der Waals surface area (Å²) in [5.74, 6) is 0.324. The third-order valence-electron chi connectivity index (χ3n) is 8.30. The van der Waals surface area contributed by atoms with Gasteiger partial charge in [-0.3, -0.25) is 9.69 Å². The van der Waals surface area contributed by atoms with Crippen LogP contribution in [-0.4, -0.2) is 78.6 Å². The Balaban J connectivity index is 1.39. The Kier molecular flexibility index (Phi) is 9.55. The fourth-order valence-electron chi connectivity index (χ4n) is 6.09. The van der Waals surface area contributed by atoms with E-state index in [9.17, 15) is 18.3 Å². The highest BCUT2D eigenvalue weighted by atomic mass is 32.2. The highest BCUT2D eigenvalue weighted by Crippen LogP contribution is 2.36. The largest absolute Gasteiger partial charge is 0.481 e. The maximum atomic E-state index is 13.7. The van der Waals surface area contributed by atoms with Crippen LogP contribution >= 0.6 is 11.3 Å². The number of anilines is 1. The highest BCUT2D eigenvalue weighted by molar-refractivity contribution is 7.89. The maximum absolute atomic E-state index is 13.7. The second kappa shape index (κ2) is 13.1. The van der Waals surface area contributed by atoms with Gasteiger partial charge in [-0.2, -0.15) is 4.31 Å². The fraction of sp³-hybridized carbons (Fsp3) is 0.552. The van der Waals surface area contributed by atoms with Crippen molar-refractivity contribution in [2.45, 2.75) is 68.3 Å². The predicted octanol–water partition coefficient (Wildman–Crippen LogP) is 4.43. The van der Waals surface area contributed by atoms with Crippen molar-refractivity contribution >= 4 is 42.7 Å². The highest BCUT2D eigenvalue weighted by Gasteiger charge is 2.35. The summed E-state index contributed by atoms with van der Waals surface area (Å²) in [6.45, 7) is 0.603. The minimum Gasteiger partial charge on any atom is -0.481 e. The number of piperidine rings is 1. The molecule has 1 saturated heterocycles. The first kappa shape index (κ1) is 29.8. The van der Waals surface area contributed by atoms with Crippen LogP contribution in [0.25, 0.3) is 10.3 Å². The Hall–Kier alpha value is -2.64. The number of hydrogen-bond acceptors (Lipinski definition) is 9. The monoisotopic (exact) mass is 601 g/mol. The molecule has 1 aliphatic heterocycles. The van der Waals surface area contributed by atoms with E-state index < -0.39 is 15.9 Å². The Labute approximate surface area is 245 Å². The molecule has 222 valence electrons. The number of methoxy groups -OCH3 is 1. The molecular weight excluding hydrogens is 562 g/mol. The van der Waals surface area contributed by atoms with Gasteiger partial charge in [-0.25, -0.2) is 18.4 Å². The van der Waals surface area contributed by atoms with Crippen molar-refractivity contribution in [1.82, 2.24) is 19.2 Å². The van der Waals surface area contributed by atoms with Crippen LogP contribution in [0.1, 0.15) is 62.8 Å². The summed E-state index contributed by atoms with van der Waals surface area (Å²) in [6, 6.07) is 10.3. The van der Waals surface area contributed by atoms with Crippen LogP contribution in [0.15, 0.2) is 41.3 Å². The third kappa shape index (κ3) is 6.72.